The van der Waals surface area contributed by atoms with Crippen LogP contribution in [0, 0.1) is 0 Å². The molecule has 0 amide bonds. The van der Waals surface area contributed by atoms with Gasteiger partial charge in [0, 0.05) is 12.1 Å². The lowest BCUT2D eigenvalue weighted by atomic mass is 10.3. The molecule has 1 aromatic carbocycles. The summed E-state index contributed by atoms with van der Waals surface area (Å²) in [4.78, 5) is 4.52. The number of rotatable bonds is 1. The number of aromatic nitrogens is 3. The van der Waals surface area contributed by atoms with Gasteiger partial charge in [0.2, 0.25) is 0 Å². The van der Waals surface area contributed by atoms with Gasteiger partial charge in [0.1, 0.15) is 10.8 Å². The van der Waals surface area contributed by atoms with Crippen LogP contribution in [0.3, 0.4) is 0 Å². The van der Waals surface area contributed by atoms with Gasteiger partial charge in [-0.2, -0.15) is 5.10 Å². The highest BCUT2D eigenvalue weighted by Crippen LogP contribution is 2.33. The number of aryl methyl sites for hydroxylation is 1. The van der Waals surface area contributed by atoms with Crippen molar-refractivity contribution < 1.29 is 0 Å². The van der Waals surface area contributed by atoms with Crippen LogP contribution in [0.2, 0.25) is 5.02 Å². The number of fused-ring (bicyclic) bond motifs is 1. The van der Waals surface area contributed by atoms with E-state index < -0.39 is 0 Å². The third-order valence-electron chi connectivity index (χ3n) is 2.56. The number of thiazole rings is 1. The molecule has 2 aromatic heterocycles. The molecular weight excluding hydrogens is 256 g/mol. The molecule has 0 bridgehead atoms. The minimum absolute atomic E-state index is 0.621. The van der Waals surface area contributed by atoms with Crippen LogP contribution in [0.5, 0.6) is 0 Å². The van der Waals surface area contributed by atoms with Crippen molar-refractivity contribution in [1.82, 2.24) is 14.8 Å². The van der Waals surface area contributed by atoms with Crippen LogP contribution in [-0.2, 0) is 7.05 Å². The standard InChI is InChI=1S/C11H9ClN4S/c1-16-10(13)7(5-14-16)11-15-8-4-6(12)2-3-9(8)17-11/h2-5H,13H2,1H3. The predicted molar refractivity (Wildman–Crippen MR) is 71.2 cm³/mol. The number of anilines is 1. The number of nitrogen functional groups attached to an aromatic ring is 1. The summed E-state index contributed by atoms with van der Waals surface area (Å²) in [5.74, 6) is 0.621. The van der Waals surface area contributed by atoms with E-state index in [1.807, 2.05) is 25.2 Å². The SMILES string of the molecule is Cn1ncc(-c2nc3cc(Cl)ccc3s2)c1N. The number of benzene rings is 1. The Kier molecular flexibility index (Phi) is 2.31. The summed E-state index contributed by atoms with van der Waals surface area (Å²) in [6.07, 6.45) is 1.73. The number of hydrogen-bond donors (Lipinski definition) is 1. The van der Waals surface area contributed by atoms with Gasteiger partial charge >= 0.3 is 0 Å². The Morgan fingerprint density at radius 3 is 2.94 bits per heavy atom. The van der Waals surface area contributed by atoms with Crippen molar-refractivity contribution in [2.24, 2.45) is 7.05 Å². The van der Waals surface area contributed by atoms with Crippen LogP contribution >= 0.6 is 22.9 Å². The third-order valence-corrected chi connectivity index (χ3v) is 3.87. The van der Waals surface area contributed by atoms with Gasteiger partial charge in [0.25, 0.3) is 0 Å². The molecule has 0 saturated heterocycles. The Labute approximate surface area is 107 Å². The summed E-state index contributed by atoms with van der Waals surface area (Å²) in [5, 5.41) is 5.67. The predicted octanol–water partition coefficient (Wildman–Crippen LogP) is 2.93. The van der Waals surface area contributed by atoms with Gasteiger partial charge in [-0.05, 0) is 18.2 Å². The zero-order chi connectivity index (χ0) is 12.0. The molecule has 0 radical (unpaired) electrons. The first-order valence-electron chi connectivity index (χ1n) is 4.99. The second-order valence-electron chi connectivity index (χ2n) is 3.70. The third kappa shape index (κ3) is 1.67. The van der Waals surface area contributed by atoms with E-state index in [4.69, 9.17) is 17.3 Å². The van der Waals surface area contributed by atoms with Crippen LogP contribution < -0.4 is 5.73 Å². The van der Waals surface area contributed by atoms with Gasteiger partial charge in [-0.3, -0.25) is 4.68 Å². The molecule has 3 aromatic rings. The normalized spacial score (nSPS) is 11.2. The average molecular weight is 265 g/mol. The van der Waals surface area contributed by atoms with E-state index in [1.54, 1.807) is 22.2 Å². The molecule has 3 rings (SSSR count). The number of nitrogens with two attached hydrogens (primary N) is 1. The lowest BCUT2D eigenvalue weighted by Gasteiger charge is -1.94. The van der Waals surface area contributed by atoms with Gasteiger partial charge in [0.15, 0.2) is 0 Å². The molecule has 86 valence electrons. The lowest BCUT2D eigenvalue weighted by molar-refractivity contribution is 0.779. The van der Waals surface area contributed by atoms with Gasteiger partial charge in [0.05, 0.1) is 22.0 Å². The molecular formula is C11H9ClN4S. The highest BCUT2D eigenvalue weighted by atomic mass is 35.5. The molecule has 0 aliphatic heterocycles. The van der Waals surface area contributed by atoms with Crippen molar-refractivity contribution in [3.8, 4) is 10.6 Å². The molecule has 4 nitrogen and oxygen atoms in total. The highest BCUT2D eigenvalue weighted by molar-refractivity contribution is 7.21. The molecule has 0 unspecified atom stereocenters. The van der Waals surface area contributed by atoms with Crippen LogP contribution in [0.4, 0.5) is 5.82 Å². The van der Waals surface area contributed by atoms with E-state index in [0.717, 1.165) is 20.8 Å². The van der Waals surface area contributed by atoms with E-state index in [2.05, 4.69) is 10.1 Å². The molecule has 0 atom stereocenters. The summed E-state index contributed by atoms with van der Waals surface area (Å²) in [6, 6.07) is 5.67. The Morgan fingerprint density at radius 1 is 1.41 bits per heavy atom. The molecule has 6 heteroatoms. The van der Waals surface area contributed by atoms with E-state index >= 15 is 0 Å². The summed E-state index contributed by atoms with van der Waals surface area (Å²) >= 11 is 7.52. The second kappa shape index (κ2) is 3.72. The Balaban J connectivity index is 2.21. The largest absolute Gasteiger partial charge is 0.383 e. The van der Waals surface area contributed by atoms with Gasteiger partial charge in [-0.1, -0.05) is 11.6 Å². The maximum atomic E-state index is 5.93. The lowest BCUT2D eigenvalue weighted by Crippen LogP contribution is -1.97. The fourth-order valence-electron chi connectivity index (χ4n) is 1.63. The van der Waals surface area contributed by atoms with Gasteiger partial charge < -0.3 is 5.73 Å². The minimum atomic E-state index is 0.621. The second-order valence-corrected chi connectivity index (χ2v) is 5.17. The summed E-state index contributed by atoms with van der Waals surface area (Å²) in [6.45, 7) is 0. The van der Waals surface area contributed by atoms with Crippen molar-refractivity contribution in [3.05, 3.63) is 29.4 Å². The van der Waals surface area contributed by atoms with Crippen molar-refractivity contribution in [2.75, 3.05) is 5.73 Å². The first kappa shape index (κ1) is 10.6. The maximum absolute atomic E-state index is 5.93. The zero-order valence-electron chi connectivity index (χ0n) is 9.01. The Bertz CT molecular complexity index is 701. The number of hydrogen-bond acceptors (Lipinski definition) is 4. The van der Waals surface area contributed by atoms with E-state index in [0.29, 0.717) is 10.8 Å². The molecule has 0 aliphatic carbocycles. The maximum Gasteiger partial charge on any atom is 0.131 e. The van der Waals surface area contributed by atoms with Crippen molar-refractivity contribution in [3.63, 3.8) is 0 Å². The first-order chi connectivity index (χ1) is 8.15. The smallest absolute Gasteiger partial charge is 0.131 e. The molecule has 0 spiro atoms. The van der Waals surface area contributed by atoms with Crippen LogP contribution in [0.15, 0.2) is 24.4 Å². The Hall–Kier alpha value is -1.59. The summed E-state index contributed by atoms with van der Waals surface area (Å²) in [7, 11) is 1.81. The molecule has 0 aliphatic rings. The van der Waals surface area contributed by atoms with Gasteiger partial charge in [-0.25, -0.2) is 4.98 Å². The highest BCUT2D eigenvalue weighted by Gasteiger charge is 2.12. The molecule has 0 fully saturated rings. The van der Waals surface area contributed by atoms with E-state index in [-0.39, 0.29) is 0 Å². The van der Waals surface area contributed by atoms with Crippen molar-refractivity contribution >= 4 is 39.0 Å². The first-order valence-corrected chi connectivity index (χ1v) is 6.18. The zero-order valence-corrected chi connectivity index (χ0v) is 10.6. The number of nitrogens with zero attached hydrogens (tertiary/aromatic N) is 3. The number of halogens is 1. The molecule has 2 N–H and O–H groups in total. The topological polar surface area (TPSA) is 56.7 Å². The fourth-order valence-corrected chi connectivity index (χ4v) is 2.76. The Morgan fingerprint density at radius 2 is 2.24 bits per heavy atom. The summed E-state index contributed by atoms with van der Waals surface area (Å²) in [5.41, 5.74) is 7.68. The molecule has 17 heavy (non-hydrogen) atoms. The van der Waals surface area contributed by atoms with Crippen LogP contribution in [-0.4, -0.2) is 14.8 Å². The van der Waals surface area contributed by atoms with Gasteiger partial charge in [-0.15, -0.1) is 11.3 Å². The summed E-state index contributed by atoms with van der Waals surface area (Å²) < 4.78 is 2.72. The van der Waals surface area contributed by atoms with Crippen LogP contribution in [0.1, 0.15) is 0 Å². The fraction of sp³-hybridized carbons (Fsp3) is 0.0909. The quantitative estimate of drug-likeness (QED) is 0.735. The van der Waals surface area contributed by atoms with Crippen molar-refractivity contribution in [1.29, 1.82) is 0 Å². The van der Waals surface area contributed by atoms with E-state index in [9.17, 15) is 0 Å². The van der Waals surface area contributed by atoms with Crippen molar-refractivity contribution in [2.45, 2.75) is 0 Å². The van der Waals surface area contributed by atoms with Crippen LogP contribution in [0.25, 0.3) is 20.8 Å². The molecule has 0 saturated carbocycles. The monoisotopic (exact) mass is 264 g/mol. The molecule has 2 heterocycles. The average Bonchev–Trinajstić information content (AvgIpc) is 2.83. The minimum Gasteiger partial charge on any atom is -0.383 e. The van der Waals surface area contributed by atoms with E-state index in [1.165, 1.54) is 0 Å².